The lowest BCUT2D eigenvalue weighted by molar-refractivity contribution is -0.158. The smallest absolute Gasteiger partial charge is 0.353 e. The molecule has 1 amide bonds. The van der Waals surface area contributed by atoms with Crippen molar-refractivity contribution in [1.82, 2.24) is 4.90 Å². The molecule has 2 rings (SSSR count). The van der Waals surface area contributed by atoms with E-state index in [9.17, 15) is 14.7 Å². The second-order valence-corrected chi connectivity index (χ2v) is 5.78. The monoisotopic (exact) mass is 272 g/mol. The summed E-state index contributed by atoms with van der Waals surface area (Å²) in [5.41, 5.74) is 4.94. The highest BCUT2D eigenvalue weighted by atomic mass is 32.2. The molecule has 1 saturated heterocycles. The predicted molar refractivity (Wildman–Crippen MR) is 66.7 cm³/mol. The van der Waals surface area contributed by atoms with Crippen LogP contribution in [0.3, 0.4) is 0 Å². The maximum atomic E-state index is 12.0. The van der Waals surface area contributed by atoms with E-state index in [1.165, 1.54) is 16.7 Å². The number of hydrogen-bond donors (Lipinski definition) is 3. The Morgan fingerprint density at radius 2 is 2.33 bits per heavy atom. The van der Waals surface area contributed by atoms with Crippen molar-refractivity contribution in [3.8, 4) is 0 Å². The summed E-state index contributed by atoms with van der Waals surface area (Å²) in [6, 6.07) is -0.322. The molecule has 2 aliphatic rings. The van der Waals surface area contributed by atoms with Crippen molar-refractivity contribution in [3.05, 3.63) is 10.6 Å². The molecule has 2 aliphatic heterocycles. The number of aliphatic hydroxyl groups is 1. The van der Waals surface area contributed by atoms with Gasteiger partial charge in [0.2, 0.25) is 5.91 Å². The Balaban J connectivity index is 2.29. The van der Waals surface area contributed by atoms with Gasteiger partial charge in [-0.3, -0.25) is 9.69 Å². The van der Waals surface area contributed by atoms with E-state index in [1.54, 1.807) is 0 Å². The number of aliphatic hydroxyl groups excluding tert-OH is 1. The predicted octanol–water partition coefficient (Wildman–Crippen LogP) is -0.270. The Labute approximate surface area is 109 Å². The van der Waals surface area contributed by atoms with E-state index < -0.39 is 17.4 Å². The number of nitrogens with two attached hydrogens (primary N) is 1. The van der Waals surface area contributed by atoms with Gasteiger partial charge in [0, 0.05) is 17.9 Å². The van der Waals surface area contributed by atoms with Gasteiger partial charge in [-0.25, -0.2) is 4.79 Å². The minimum absolute atomic E-state index is 0.0656. The summed E-state index contributed by atoms with van der Waals surface area (Å²) >= 11 is 1.43. The minimum Gasteiger partial charge on any atom is -0.477 e. The maximum Gasteiger partial charge on any atom is 0.353 e. The highest BCUT2D eigenvalue weighted by Crippen LogP contribution is 2.47. The first-order chi connectivity index (χ1) is 8.47. The fraction of sp³-hybridized carbons (Fsp3) is 0.636. The molecule has 0 radical (unpaired) electrons. The van der Waals surface area contributed by atoms with Gasteiger partial charge < -0.3 is 15.9 Å². The number of carboxylic acids is 1. The Bertz CT molecular complexity index is 437. The number of amides is 1. The maximum absolute atomic E-state index is 12.0. The normalized spacial score (nSPS) is 30.5. The zero-order valence-electron chi connectivity index (χ0n) is 10.0. The number of β-lactam (4-membered cyclic amide) rings is 1. The van der Waals surface area contributed by atoms with Crippen LogP contribution in [0.1, 0.15) is 19.8 Å². The van der Waals surface area contributed by atoms with Gasteiger partial charge >= 0.3 is 5.97 Å². The quantitative estimate of drug-likeness (QED) is 0.595. The van der Waals surface area contributed by atoms with E-state index in [0.717, 1.165) is 5.75 Å². The molecule has 100 valence electrons. The van der Waals surface area contributed by atoms with Gasteiger partial charge in [-0.05, 0) is 12.2 Å². The lowest BCUT2D eigenvalue weighted by atomic mass is 9.77. The van der Waals surface area contributed by atoms with Gasteiger partial charge in [-0.1, -0.05) is 6.92 Å². The van der Waals surface area contributed by atoms with Crippen LogP contribution in [-0.4, -0.2) is 50.9 Å². The topological polar surface area (TPSA) is 104 Å². The number of carbonyl (C=O) groups is 2. The second kappa shape index (κ2) is 4.56. The molecule has 0 bridgehead atoms. The molecule has 1 fully saturated rings. The summed E-state index contributed by atoms with van der Waals surface area (Å²) in [6.45, 7) is 1.75. The summed E-state index contributed by atoms with van der Waals surface area (Å²) in [5, 5.41) is 18.2. The molecular weight excluding hydrogens is 256 g/mol. The van der Waals surface area contributed by atoms with Crippen molar-refractivity contribution >= 4 is 23.6 Å². The van der Waals surface area contributed by atoms with Gasteiger partial charge in [-0.2, -0.15) is 0 Å². The number of carbonyl (C=O) groups excluding carboxylic acids is 1. The van der Waals surface area contributed by atoms with Crippen molar-refractivity contribution in [2.45, 2.75) is 31.3 Å². The number of nitrogens with zero attached hydrogens (tertiary/aromatic N) is 1. The summed E-state index contributed by atoms with van der Waals surface area (Å²) < 4.78 is 0. The van der Waals surface area contributed by atoms with Crippen LogP contribution in [0.25, 0.3) is 0 Å². The number of carboxylic acid groups (broad SMARTS) is 1. The lowest BCUT2D eigenvalue weighted by Crippen LogP contribution is -2.76. The van der Waals surface area contributed by atoms with Gasteiger partial charge in [0.1, 0.15) is 11.2 Å². The van der Waals surface area contributed by atoms with Crippen LogP contribution in [0.2, 0.25) is 0 Å². The lowest BCUT2D eigenvalue weighted by Gasteiger charge is -2.50. The van der Waals surface area contributed by atoms with E-state index in [-0.39, 0.29) is 24.8 Å². The first-order valence-corrected chi connectivity index (χ1v) is 6.78. The van der Waals surface area contributed by atoms with E-state index in [1.807, 2.05) is 6.92 Å². The Morgan fingerprint density at radius 3 is 2.83 bits per heavy atom. The number of hydrogen-bond acceptors (Lipinski definition) is 5. The second-order valence-electron chi connectivity index (χ2n) is 4.42. The Hall–Kier alpha value is -1.05. The minimum atomic E-state index is -1.11. The van der Waals surface area contributed by atoms with Crippen molar-refractivity contribution in [1.29, 1.82) is 0 Å². The van der Waals surface area contributed by atoms with Crippen LogP contribution in [0.15, 0.2) is 10.6 Å². The van der Waals surface area contributed by atoms with E-state index in [0.29, 0.717) is 11.3 Å². The van der Waals surface area contributed by atoms with Crippen LogP contribution in [-0.2, 0) is 9.59 Å². The highest BCUT2D eigenvalue weighted by Gasteiger charge is 2.63. The molecule has 2 atom stereocenters. The largest absolute Gasteiger partial charge is 0.477 e. The van der Waals surface area contributed by atoms with Crippen molar-refractivity contribution in [2.75, 3.05) is 12.4 Å². The van der Waals surface area contributed by atoms with Gasteiger partial charge in [0.15, 0.2) is 0 Å². The fourth-order valence-electron chi connectivity index (χ4n) is 2.59. The van der Waals surface area contributed by atoms with Gasteiger partial charge in [0.25, 0.3) is 0 Å². The number of aliphatic carboxylic acids is 1. The molecule has 0 aromatic rings. The molecule has 0 spiro atoms. The molecule has 0 aromatic carbocycles. The molecule has 7 heteroatoms. The van der Waals surface area contributed by atoms with E-state index >= 15 is 0 Å². The SMILES string of the molecule is CCSC1=C(C(=O)O)N2C(=O)C(N)(CCO)[C@@H]2C1. The molecule has 0 saturated carbocycles. The summed E-state index contributed by atoms with van der Waals surface area (Å²) in [6.07, 6.45) is 0.645. The Morgan fingerprint density at radius 1 is 1.67 bits per heavy atom. The fourth-order valence-corrected chi connectivity index (χ4v) is 3.54. The summed E-state index contributed by atoms with van der Waals surface area (Å²) in [5.74, 6) is -0.739. The molecular formula is C11H16N2O4S. The van der Waals surface area contributed by atoms with Gasteiger partial charge in [0.05, 0.1) is 6.04 Å². The average molecular weight is 272 g/mol. The van der Waals surface area contributed by atoms with Crippen molar-refractivity contribution in [2.24, 2.45) is 5.73 Å². The van der Waals surface area contributed by atoms with Crippen molar-refractivity contribution in [3.63, 3.8) is 0 Å². The summed E-state index contributed by atoms with van der Waals surface area (Å²) in [7, 11) is 0. The summed E-state index contributed by atoms with van der Waals surface area (Å²) in [4.78, 5) is 25.2. The van der Waals surface area contributed by atoms with Crippen LogP contribution < -0.4 is 5.73 Å². The molecule has 4 N–H and O–H groups in total. The first-order valence-electron chi connectivity index (χ1n) is 5.80. The average Bonchev–Trinajstić information content (AvgIpc) is 2.67. The number of rotatable bonds is 5. The van der Waals surface area contributed by atoms with E-state index in [2.05, 4.69) is 0 Å². The van der Waals surface area contributed by atoms with Crippen molar-refractivity contribution < 1.29 is 19.8 Å². The molecule has 18 heavy (non-hydrogen) atoms. The zero-order chi connectivity index (χ0) is 13.5. The highest BCUT2D eigenvalue weighted by molar-refractivity contribution is 8.03. The van der Waals surface area contributed by atoms with Crippen LogP contribution >= 0.6 is 11.8 Å². The third-order valence-corrected chi connectivity index (χ3v) is 4.45. The Kier molecular flexibility index (Phi) is 3.39. The molecule has 2 heterocycles. The molecule has 1 unspecified atom stereocenters. The zero-order valence-corrected chi connectivity index (χ0v) is 10.9. The van der Waals surface area contributed by atoms with Crippen LogP contribution in [0.5, 0.6) is 0 Å². The molecule has 0 aromatic heterocycles. The van der Waals surface area contributed by atoms with Gasteiger partial charge in [-0.15, -0.1) is 11.8 Å². The van der Waals surface area contributed by atoms with Crippen LogP contribution in [0, 0.1) is 0 Å². The third kappa shape index (κ3) is 1.65. The van der Waals surface area contributed by atoms with Crippen LogP contribution in [0.4, 0.5) is 0 Å². The molecule has 6 nitrogen and oxygen atoms in total. The standard InChI is InChI=1S/C11H16N2O4S/c1-2-18-6-5-7-11(12,3-4-14)10(17)13(7)8(6)9(15)16/h7,14H,2-5,12H2,1H3,(H,15,16)/t7-,11?/m0/s1. The third-order valence-electron chi connectivity index (χ3n) is 3.45. The molecule has 0 aliphatic carbocycles. The van der Waals surface area contributed by atoms with E-state index in [4.69, 9.17) is 10.8 Å². The number of fused-ring (bicyclic) bond motifs is 1. The number of thioether (sulfide) groups is 1. The first kappa shape index (κ1) is 13.4.